The molecule has 3 aromatic rings. The molecular formula is C19H22N4O3. The normalized spacial score (nSPS) is 10.9. The highest BCUT2D eigenvalue weighted by atomic mass is 16.5. The van der Waals surface area contributed by atoms with E-state index in [-0.39, 0.29) is 12.3 Å². The largest absolute Gasteiger partial charge is 0.494 e. The molecule has 7 heteroatoms. The third-order valence-electron chi connectivity index (χ3n) is 4.03. The monoisotopic (exact) mass is 354 g/mol. The highest BCUT2D eigenvalue weighted by Crippen LogP contribution is 2.29. The molecule has 1 aromatic carbocycles. The van der Waals surface area contributed by atoms with Gasteiger partial charge in [0.2, 0.25) is 0 Å². The smallest absolute Gasteiger partial charge is 0.360 e. The van der Waals surface area contributed by atoms with E-state index in [9.17, 15) is 4.79 Å². The van der Waals surface area contributed by atoms with Gasteiger partial charge in [-0.15, -0.1) is 10.2 Å². The van der Waals surface area contributed by atoms with Crippen molar-refractivity contribution in [3.8, 4) is 16.9 Å². The first-order chi connectivity index (χ1) is 12.6. The van der Waals surface area contributed by atoms with Crippen LogP contribution in [-0.2, 0) is 4.74 Å². The number of hydrogen-bond donors (Lipinski definition) is 0. The van der Waals surface area contributed by atoms with Crippen LogP contribution in [0.4, 0.5) is 0 Å². The van der Waals surface area contributed by atoms with Crippen LogP contribution in [0.25, 0.3) is 16.8 Å². The molecule has 3 rings (SSSR count). The van der Waals surface area contributed by atoms with Gasteiger partial charge in [-0.2, -0.15) is 5.10 Å². The maximum absolute atomic E-state index is 12.0. The number of nitrogens with zero attached hydrogens (tertiary/aromatic N) is 4. The maximum atomic E-state index is 12.0. The van der Waals surface area contributed by atoms with Crippen LogP contribution in [0.3, 0.4) is 0 Å². The first-order valence-electron chi connectivity index (χ1n) is 8.69. The van der Waals surface area contributed by atoms with Gasteiger partial charge < -0.3 is 9.47 Å². The van der Waals surface area contributed by atoms with Crippen molar-refractivity contribution in [2.75, 3.05) is 13.2 Å². The molecule has 2 aromatic heterocycles. The minimum Gasteiger partial charge on any atom is -0.494 e. The lowest BCUT2D eigenvalue weighted by atomic mass is 10.1. The molecule has 0 N–H and O–H groups in total. The van der Waals surface area contributed by atoms with Gasteiger partial charge in [0.1, 0.15) is 5.75 Å². The minimum atomic E-state index is -0.494. The molecule has 0 saturated carbocycles. The van der Waals surface area contributed by atoms with E-state index in [1.165, 1.54) is 0 Å². The Bertz CT molecular complexity index is 932. The minimum absolute atomic E-state index is 0.178. The molecule has 136 valence electrons. The summed E-state index contributed by atoms with van der Waals surface area (Å²) >= 11 is 0. The molecule has 0 aliphatic rings. The summed E-state index contributed by atoms with van der Waals surface area (Å²) in [5.74, 6) is 0.336. The van der Waals surface area contributed by atoms with Crippen LogP contribution in [0, 0.1) is 13.8 Å². The molecular weight excluding hydrogens is 332 g/mol. The molecule has 0 spiro atoms. The summed E-state index contributed by atoms with van der Waals surface area (Å²) in [5.41, 5.74) is 4.06. The van der Waals surface area contributed by atoms with Crippen LogP contribution in [0.5, 0.6) is 5.75 Å². The number of hydrogen-bond acceptors (Lipinski definition) is 6. The molecule has 0 aliphatic carbocycles. The molecule has 0 amide bonds. The van der Waals surface area contributed by atoms with E-state index >= 15 is 0 Å². The summed E-state index contributed by atoms with van der Waals surface area (Å²) in [5, 5.41) is 12.8. The average Bonchev–Trinajstić information content (AvgIpc) is 2.98. The number of aromatic nitrogens is 4. The number of aryl methyl sites for hydroxylation is 2. The van der Waals surface area contributed by atoms with Gasteiger partial charge in [-0.1, -0.05) is 19.1 Å². The van der Waals surface area contributed by atoms with Gasteiger partial charge in [0.05, 0.1) is 30.2 Å². The Hall–Kier alpha value is -2.96. The second-order valence-electron chi connectivity index (χ2n) is 5.92. The van der Waals surface area contributed by atoms with Crippen molar-refractivity contribution >= 4 is 11.6 Å². The van der Waals surface area contributed by atoms with Gasteiger partial charge >= 0.3 is 5.97 Å². The summed E-state index contributed by atoms with van der Waals surface area (Å²) in [6, 6.07) is 7.82. The van der Waals surface area contributed by atoms with Crippen LogP contribution < -0.4 is 4.74 Å². The van der Waals surface area contributed by atoms with Crippen LogP contribution >= 0.6 is 0 Å². The Balaban J connectivity index is 2.03. The Morgan fingerprint density at radius 3 is 2.50 bits per heavy atom. The zero-order valence-electron chi connectivity index (χ0n) is 15.4. The van der Waals surface area contributed by atoms with E-state index in [4.69, 9.17) is 9.47 Å². The fraction of sp³-hybridized carbons (Fsp3) is 0.368. The van der Waals surface area contributed by atoms with Crippen molar-refractivity contribution in [2.24, 2.45) is 0 Å². The highest BCUT2D eigenvalue weighted by Gasteiger charge is 2.20. The molecule has 0 atom stereocenters. The Kier molecular flexibility index (Phi) is 5.16. The number of carbonyl (C=O) groups is 1. The van der Waals surface area contributed by atoms with Crippen LogP contribution in [0.15, 0.2) is 24.3 Å². The Morgan fingerprint density at radius 1 is 1.12 bits per heavy atom. The van der Waals surface area contributed by atoms with Crippen LogP contribution in [0.1, 0.15) is 42.1 Å². The number of rotatable bonds is 6. The number of benzene rings is 1. The first kappa shape index (κ1) is 17.8. The fourth-order valence-corrected chi connectivity index (χ4v) is 2.78. The van der Waals surface area contributed by atoms with Gasteiger partial charge in [0.15, 0.2) is 11.3 Å². The molecule has 2 heterocycles. The van der Waals surface area contributed by atoms with Gasteiger partial charge in [-0.05, 0) is 44.9 Å². The van der Waals surface area contributed by atoms with E-state index in [1.54, 1.807) is 18.4 Å². The molecule has 0 unspecified atom stereocenters. The van der Waals surface area contributed by atoms with Gasteiger partial charge in [0.25, 0.3) is 0 Å². The summed E-state index contributed by atoms with van der Waals surface area (Å²) in [7, 11) is 0. The van der Waals surface area contributed by atoms with Gasteiger partial charge in [-0.25, -0.2) is 9.31 Å². The van der Waals surface area contributed by atoms with Gasteiger partial charge in [-0.3, -0.25) is 0 Å². The topological polar surface area (TPSA) is 78.6 Å². The van der Waals surface area contributed by atoms with Crippen molar-refractivity contribution < 1.29 is 14.3 Å². The van der Waals surface area contributed by atoms with E-state index < -0.39 is 5.97 Å². The predicted molar refractivity (Wildman–Crippen MR) is 97.4 cm³/mol. The van der Waals surface area contributed by atoms with Crippen LogP contribution in [-0.4, -0.2) is 39.0 Å². The number of fused-ring (bicyclic) bond motifs is 1. The second-order valence-corrected chi connectivity index (χ2v) is 5.92. The summed E-state index contributed by atoms with van der Waals surface area (Å²) in [6.45, 7) is 8.50. The lowest BCUT2D eigenvalue weighted by Gasteiger charge is -2.07. The van der Waals surface area contributed by atoms with Crippen molar-refractivity contribution in [1.29, 1.82) is 0 Å². The maximum Gasteiger partial charge on any atom is 0.360 e. The zero-order chi connectivity index (χ0) is 18.7. The molecule has 7 nitrogen and oxygen atoms in total. The summed E-state index contributed by atoms with van der Waals surface area (Å²) in [6.07, 6.45) is 0.965. The van der Waals surface area contributed by atoms with Gasteiger partial charge in [0, 0.05) is 0 Å². The van der Waals surface area contributed by atoms with Crippen molar-refractivity contribution in [3.05, 3.63) is 41.3 Å². The predicted octanol–water partition coefficient (Wildman–Crippen LogP) is 3.37. The first-order valence-corrected chi connectivity index (χ1v) is 8.69. The lowest BCUT2D eigenvalue weighted by molar-refractivity contribution is 0.0516. The second kappa shape index (κ2) is 7.51. The van der Waals surface area contributed by atoms with Crippen molar-refractivity contribution in [1.82, 2.24) is 19.8 Å². The molecule has 0 saturated heterocycles. The standard InChI is InChI=1S/C19H22N4O3/c1-5-11-26-15-9-7-14(8-10-15)16-12(3)22-23-13(4)17(19(24)25-6-2)20-21-18(16)23/h7-10H,5-6,11H2,1-4H3. The molecule has 26 heavy (non-hydrogen) atoms. The van der Waals surface area contributed by atoms with E-state index in [2.05, 4.69) is 22.2 Å². The van der Waals surface area contributed by atoms with E-state index in [0.717, 1.165) is 29.0 Å². The quantitative estimate of drug-likeness (QED) is 0.632. The molecule has 0 bridgehead atoms. The van der Waals surface area contributed by atoms with E-state index in [1.807, 2.05) is 31.2 Å². The molecule has 0 aliphatic heterocycles. The Morgan fingerprint density at radius 2 is 1.85 bits per heavy atom. The Labute approximate surface area is 152 Å². The van der Waals surface area contributed by atoms with E-state index in [0.29, 0.717) is 17.9 Å². The number of esters is 1. The number of ether oxygens (including phenoxy) is 2. The molecule has 0 radical (unpaired) electrons. The molecule has 0 fully saturated rings. The van der Waals surface area contributed by atoms with Crippen molar-refractivity contribution in [2.45, 2.75) is 34.1 Å². The zero-order valence-corrected chi connectivity index (χ0v) is 15.4. The number of carbonyl (C=O) groups excluding carboxylic acids is 1. The third kappa shape index (κ3) is 3.24. The highest BCUT2D eigenvalue weighted by molar-refractivity contribution is 5.89. The van der Waals surface area contributed by atoms with Crippen molar-refractivity contribution in [3.63, 3.8) is 0 Å². The summed E-state index contributed by atoms with van der Waals surface area (Å²) < 4.78 is 12.3. The SMILES string of the molecule is CCCOc1ccc(-c2c(C)nn3c(C)c(C(=O)OCC)nnc23)cc1. The van der Waals surface area contributed by atoms with Crippen LogP contribution in [0.2, 0.25) is 0 Å². The third-order valence-corrected chi connectivity index (χ3v) is 4.03. The summed E-state index contributed by atoms with van der Waals surface area (Å²) in [4.78, 5) is 12.0. The average molecular weight is 354 g/mol. The lowest BCUT2D eigenvalue weighted by Crippen LogP contribution is -2.14. The fourth-order valence-electron chi connectivity index (χ4n) is 2.78.